The van der Waals surface area contributed by atoms with Gasteiger partial charge in [-0.2, -0.15) is 5.10 Å². The Balaban J connectivity index is 1.41. The van der Waals surface area contributed by atoms with Crippen molar-refractivity contribution in [3.8, 4) is 0 Å². The number of nitrogens with zero attached hydrogens (tertiary/aromatic N) is 5. The number of pyridine rings is 1. The minimum atomic E-state index is -0.0328. The summed E-state index contributed by atoms with van der Waals surface area (Å²) in [6.45, 7) is 4.17. The molecule has 0 aromatic carbocycles. The number of halogens is 1. The predicted molar refractivity (Wildman–Crippen MR) is 103 cm³/mol. The van der Waals surface area contributed by atoms with Gasteiger partial charge in [0.1, 0.15) is 5.82 Å². The Morgan fingerprint density at radius 2 is 1.93 bits per heavy atom. The molecule has 0 aliphatic carbocycles. The van der Waals surface area contributed by atoms with Crippen molar-refractivity contribution in [2.24, 2.45) is 7.05 Å². The number of amides is 1. The Morgan fingerprint density at radius 3 is 2.56 bits per heavy atom. The van der Waals surface area contributed by atoms with Crippen LogP contribution in [0.3, 0.4) is 0 Å². The number of carbonyl (C=O) groups excluding carboxylic acids is 1. The van der Waals surface area contributed by atoms with E-state index in [-0.39, 0.29) is 5.91 Å². The average molecular weight is 390 g/mol. The van der Waals surface area contributed by atoms with Crippen molar-refractivity contribution in [1.82, 2.24) is 19.7 Å². The molecule has 2 fully saturated rings. The van der Waals surface area contributed by atoms with Gasteiger partial charge in [-0.1, -0.05) is 11.6 Å². The average Bonchev–Trinajstić information content (AvgIpc) is 3.14. The molecule has 4 heterocycles. The summed E-state index contributed by atoms with van der Waals surface area (Å²) in [4.78, 5) is 21.1. The van der Waals surface area contributed by atoms with Crippen LogP contribution in [0.5, 0.6) is 0 Å². The predicted octanol–water partition coefficient (Wildman–Crippen LogP) is 2.32. The largest absolute Gasteiger partial charge is 0.378 e. The van der Waals surface area contributed by atoms with Gasteiger partial charge >= 0.3 is 0 Å². The van der Waals surface area contributed by atoms with E-state index in [1.807, 2.05) is 17.9 Å². The summed E-state index contributed by atoms with van der Waals surface area (Å²) in [5.74, 6) is 1.25. The van der Waals surface area contributed by atoms with Gasteiger partial charge in [-0.15, -0.1) is 0 Å². The lowest BCUT2D eigenvalue weighted by molar-refractivity contribution is 0.0302. The van der Waals surface area contributed by atoms with Crippen LogP contribution in [0, 0.1) is 0 Å². The zero-order valence-electron chi connectivity index (χ0n) is 15.5. The van der Waals surface area contributed by atoms with E-state index in [0.717, 1.165) is 31.7 Å². The summed E-state index contributed by atoms with van der Waals surface area (Å²) in [5, 5.41) is 4.81. The third-order valence-corrected chi connectivity index (χ3v) is 5.64. The molecule has 0 N–H and O–H groups in total. The first kappa shape index (κ1) is 18.3. The molecule has 1 amide bonds. The maximum absolute atomic E-state index is 12.6. The summed E-state index contributed by atoms with van der Waals surface area (Å²) in [6.07, 6.45) is 7.78. The van der Waals surface area contributed by atoms with Crippen molar-refractivity contribution in [2.75, 3.05) is 44.3 Å². The van der Waals surface area contributed by atoms with Crippen molar-refractivity contribution < 1.29 is 9.53 Å². The number of hydrogen-bond donors (Lipinski definition) is 0. The van der Waals surface area contributed by atoms with E-state index in [1.54, 1.807) is 17.2 Å². The second-order valence-electron chi connectivity index (χ2n) is 7.14. The first-order valence-corrected chi connectivity index (χ1v) is 9.75. The number of ether oxygens (including phenoxy) is 1. The van der Waals surface area contributed by atoms with E-state index in [4.69, 9.17) is 16.3 Å². The number of rotatable bonds is 3. The van der Waals surface area contributed by atoms with Crippen molar-refractivity contribution in [3.05, 3.63) is 40.8 Å². The highest BCUT2D eigenvalue weighted by molar-refractivity contribution is 6.33. The molecule has 0 atom stereocenters. The highest BCUT2D eigenvalue weighted by Gasteiger charge is 2.25. The van der Waals surface area contributed by atoms with E-state index in [2.05, 4.69) is 21.2 Å². The molecule has 0 spiro atoms. The van der Waals surface area contributed by atoms with E-state index >= 15 is 0 Å². The molecule has 2 aromatic heterocycles. The standard InChI is InChI=1S/C19H24ClN5O2/c1-23-13-16(12-22-23)14-2-4-24(5-3-14)18-17(20)10-15(11-21-18)19(26)25-6-8-27-9-7-25/h10-14H,2-9H2,1H3. The van der Waals surface area contributed by atoms with Crippen molar-refractivity contribution in [3.63, 3.8) is 0 Å². The number of piperidine rings is 1. The molecule has 0 unspecified atom stereocenters. The zero-order valence-corrected chi connectivity index (χ0v) is 16.2. The lowest BCUT2D eigenvalue weighted by Gasteiger charge is -2.33. The van der Waals surface area contributed by atoms with Crippen LogP contribution in [0.2, 0.25) is 5.02 Å². The van der Waals surface area contributed by atoms with Gasteiger partial charge in [0.05, 0.1) is 30.0 Å². The molecule has 4 rings (SSSR count). The number of morpholine rings is 1. The van der Waals surface area contributed by atoms with Crippen LogP contribution < -0.4 is 4.90 Å². The SMILES string of the molecule is Cn1cc(C2CCN(c3ncc(C(=O)N4CCOCC4)cc3Cl)CC2)cn1. The normalized spacial score (nSPS) is 18.7. The highest BCUT2D eigenvalue weighted by Crippen LogP contribution is 2.32. The van der Waals surface area contributed by atoms with E-state index in [9.17, 15) is 4.79 Å². The minimum absolute atomic E-state index is 0.0328. The van der Waals surface area contributed by atoms with Crippen LogP contribution in [0.4, 0.5) is 5.82 Å². The number of anilines is 1. The van der Waals surface area contributed by atoms with Crippen LogP contribution in [-0.2, 0) is 11.8 Å². The summed E-state index contributed by atoms with van der Waals surface area (Å²) in [5.41, 5.74) is 1.83. The first-order chi connectivity index (χ1) is 13.1. The number of carbonyl (C=O) groups is 1. The van der Waals surface area contributed by atoms with Crippen LogP contribution >= 0.6 is 11.6 Å². The molecule has 2 aromatic rings. The Labute approximate surface area is 163 Å². The van der Waals surface area contributed by atoms with Gasteiger partial charge in [0, 0.05) is 45.6 Å². The molecule has 0 saturated carbocycles. The monoisotopic (exact) mass is 389 g/mol. The van der Waals surface area contributed by atoms with E-state index in [1.165, 1.54) is 5.56 Å². The van der Waals surface area contributed by atoms with Crippen LogP contribution in [0.1, 0.15) is 34.7 Å². The molecule has 0 radical (unpaired) electrons. The maximum Gasteiger partial charge on any atom is 0.255 e. The summed E-state index contributed by atoms with van der Waals surface area (Å²) in [6, 6.07) is 1.74. The molecular formula is C19H24ClN5O2. The van der Waals surface area contributed by atoms with Gasteiger partial charge in [0.2, 0.25) is 0 Å². The fourth-order valence-electron chi connectivity index (χ4n) is 3.80. The van der Waals surface area contributed by atoms with Crippen molar-refractivity contribution >= 4 is 23.3 Å². The highest BCUT2D eigenvalue weighted by atomic mass is 35.5. The Kier molecular flexibility index (Phi) is 5.31. The third-order valence-electron chi connectivity index (χ3n) is 5.36. The Bertz CT molecular complexity index is 810. The fraction of sp³-hybridized carbons (Fsp3) is 0.526. The van der Waals surface area contributed by atoms with Gasteiger partial charge in [-0.3, -0.25) is 9.48 Å². The molecule has 2 aliphatic rings. The quantitative estimate of drug-likeness (QED) is 0.806. The smallest absolute Gasteiger partial charge is 0.255 e. The number of hydrogen-bond acceptors (Lipinski definition) is 5. The van der Waals surface area contributed by atoms with E-state index in [0.29, 0.717) is 42.8 Å². The van der Waals surface area contributed by atoms with Crippen LogP contribution in [0.25, 0.3) is 0 Å². The summed E-state index contributed by atoms with van der Waals surface area (Å²) < 4.78 is 7.15. The van der Waals surface area contributed by atoms with E-state index < -0.39 is 0 Å². The summed E-state index contributed by atoms with van der Waals surface area (Å²) >= 11 is 6.49. The van der Waals surface area contributed by atoms with Gasteiger partial charge in [0.15, 0.2) is 0 Å². The molecule has 0 bridgehead atoms. The van der Waals surface area contributed by atoms with Crippen LogP contribution in [-0.4, -0.2) is 65.0 Å². The molecule has 8 heteroatoms. The molecular weight excluding hydrogens is 366 g/mol. The van der Waals surface area contributed by atoms with Gasteiger partial charge in [-0.25, -0.2) is 4.98 Å². The molecule has 7 nitrogen and oxygen atoms in total. The molecule has 27 heavy (non-hydrogen) atoms. The van der Waals surface area contributed by atoms with Gasteiger partial charge in [-0.05, 0) is 30.4 Å². The number of aromatic nitrogens is 3. The van der Waals surface area contributed by atoms with Gasteiger partial charge < -0.3 is 14.5 Å². The summed E-state index contributed by atoms with van der Waals surface area (Å²) in [7, 11) is 1.95. The Morgan fingerprint density at radius 1 is 1.19 bits per heavy atom. The Hall–Kier alpha value is -2.12. The second-order valence-corrected chi connectivity index (χ2v) is 7.55. The lowest BCUT2D eigenvalue weighted by Crippen LogP contribution is -2.40. The molecule has 144 valence electrons. The second kappa shape index (κ2) is 7.86. The number of aryl methyl sites for hydroxylation is 1. The minimum Gasteiger partial charge on any atom is -0.378 e. The van der Waals surface area contributed by atoms with Crippen LogP contribution in [0.15, 0.2) is 24.7 Å². The molecule has 2 saturated heterocycles. The van der Waals surface area contributed by atoms with Crippen molar-refractivity contribution in [1.29, 1.82) is 0 Å². The zero-order chi connectivity index (χ0) is 18.8. The topological polar surface area (TPSA) is 63.5 Å². The molecule has 2 aliphatic heterocycles. The third kappa shape index (κ3) is 3.94. The lowest BCUT2D eigenvalue weighted by atomic mass is 9.91. The maximum atomic E-state index is 12.6. The van der Waals surface area contributed by atoms with Gasteiger partial charge in [0.25, 0.3) is 5.91 Å². The van der Waals surface area contributed by atoms with Crippen molar-refractivity contribution in [2.45, 2.75) is 18.8 Å². The fourth-order valence-corrected chi connectivity index (χ4v) is 4.09. The first-order valence-electron chi connectivity index (χ1n) is 9.38.